The highest BCUT2D eigenvalue weighted by Gasteiger charge is 2.24. The van der Waals surface area contributed by atoms with Crippen LogP contribution in [0.15, 0.2) is 152 Å². The van der Waals surface area contributed by atoms with Gasteiger partial charge in [0.1, 0.15) is 0 Å². The fraction of sp³-hybridized carbons (Fsp3) is 0. The summed E-state index contributed by atoms with van der Waals surface area (Å²) in [7, 11) is 0. The Morgan fingerprint density at radius 3 is 1.53 bits per heavy atom. The van der Waals surface area contributed by atoms with Crippen LogP contribution in [0.5, 0.6) is 0 Å². The molecule has 49 heavy (non-hydrogen) atoms. The number of thiophene rings is 1. The van der Waals surface area contributed by atoms with E-state index >= 15 is 0 Å². The Kier molecular flexibility index (Phi) is 5.54. The number of rotatable bonds is 3. The van der Waals surface area contributed by atoms with Gasteiger partial charge in [-0.15, -0.1) is 11.3 Å². The van der Waals surface area contributed by atoms with E-state index in [1.807, 2.05) is 11.3 Å². The quantitative estimate of drug-likeness (QED) is 0.193. The Morgan fingerprint density at radius 1 is 0.327 bits per heavy atom. The molecule has 0 radical (unpaired) electrons. The summed E-state index contributed by atoms with van der Waals surface area (Å²) in [4.78, 5) is 15.5. The van der Waals surface area contributed by atoms with Crippen molar-refractivity contribution in [2.45, 2.75) is 0 Å². The molecule has 0 fully saturated rings. The fourth-order valence-corrected chi connectivity index (χ4v) is 9.03. The van der Waals surface area contributed by atoms with Crippen molar-refractivity contribution >= 4 is 63.8 Å². The minimum atomic E-state index is 0.667. The highest BCUT2D eigenvalue weighted by molar-refractivity contribution is 7.27. The van der Waals surface area contributed by atoms with E-state index in [4.69, 9.17) is 15.0 Å². The van der Waals surface area contributed by atoms with Crippen LogP contribution in [0.2, 0.25) is 0 Å². The second-order valence-corrected chi connectivity index (χ2v) is 13.8. The van der Waals surface area contributed by atoms with Crippen LogP contribution in [0.4, 0.5) is 0 Å². The molecule has 8 aromatic carbocycles. The van der Waals surface area contributed by atoms with E-state index < -0.39 is 0 Å². The van der Waals surface area contributed by atoms with E-state index in [2.05, 4.69) is 152 Å². The molecule has 0 N–H and O–H groups in total. The van der Waals surface area contributed by atoms with Crippen LogP contribution >= 0.6 is 11.3 Å². The Bertz CT molecular complexity index is 2910. The molecule has 0 bridgehead atoms. The average Bonchev–Trinajstić information content (AvgIpc) is 3.71. The summed E-state index contributed by atoms with van der Waals surface area (Å²) in [5, 5.41) is 9.85. The Morgan fingerprint density at radius 2 is 0.857 bits per heavy atom. The van der Waals surface area contributed by atoms with Crippen LogP contribution in [-0.4, -0.2) is 15.0 Å². The number of nitrogens with zero attached hydrogens (tertiary/aromatic N) is 3. The lowest BCUT2D eigenvalue weighted by atomic mass is 9.99. The maximum atomic E-state index is 5.21. The molecule has 2 heterocycles. The zero-order chi connectivity index (χ0) is 32.1. The number of benzene rings is 8. The maximum Gasteiger partial charge on any atom is 0.165 e. The average molecular weight is 640 g/mol. The number of hydrogen-bond donors (Lipinski definition) is 0. The summed E-state index contributed by atoms with van der Waals surface area (Å²) in [6, 6.07) is 54.2. The fourth-order valence-electron chi connectivity index (χ4n) is 7.71. The molecule has 4 heteroatoms. The molecule has 3 nitrogen and oxygen atoms in total. The van der Waals surface area contributed by atoms with Crippen LogP contribution < -0.4 is 0 Å². The van der Waals surface area contributed by atoms with Crippen molar-refractivity contribution in [2.75, 3.05) is 0 Å². The van der Waals surface area contributed by atoms with E-state index in [1.165, 1.54) is 64.0 Å². The highest BCUT2D eigenvalue weighted by Crippen LogP contribution is 2.52. The molecule has 0 spiro atoms. The third kappa shape index (κ3) is 3.98. The van der Waals surface area contributed by atoms with Crippen molar-refractivity contribution in [3.63, 3.8) is 0 Å². The lowest BCUT2D eigenvalue weighted by molar-refractivity contribution is 1.08. The second kappa shape index (κ2) is 10.1. The summed E-state index contributed by atoms with van der Waals surface area (Å²) in [6.45, 7) is 0. The molecule has 0 saturated heterocycles. The van der Waals surface area contributed by atoms with E-state index in [1.54, 1.807) is 0 Å². The first kappa shape index (κ1) is 26.8. The zero-order valence-electron chi connectivity index (χ0n) is 26.2. The van der Waals surface area contributed by atoms with E-state index in [-0.39, 0.29) is 0 Å². The molecule has 0 amide bonds. The minimum Gasteiger partial charge on any atom is -0.208 e. The van der Waals surface area contributed by atoms with Gasteiger partial charge in [0.15, 0.2) is 17.5 Å². The number of fused-ring (bicyclic) bond motifs is 9. The summed E-state index contributed by atoms with van der Waals surface area (Å²) >= 11 is 1.84. The van der Waals surface area contributed by atoms with Gasteiger partial charge in [0.2, 0.25) is 0 Å². The normalized spacial score (nSPS) is 12.1. The van der Waals surface area contributed by atoms with E-state index in [0.29, 0.717) is 17.5 Å². The highest BCUT2D eigenvalue weighted by atomic mass is 32.1. The molecule has 226 valence electrons. The van der Waals surface area contributed by atoms with Crippen LogP contribution in [-0.2, 0) is 0 Å². The summed E-state index contributed by atoms with van der Waals surface area (Å²) < 4.78 is 2.49. The molecule has 11 rings (SSSR count). The molecule has 0 atom stereocenters. The van der Waals surface area contributed by atoms with Gasteiger partial charge in [0.25, 0.3) is 0 Å². The molecule has 0 saturated carbocycles. The molecule has 10 aromatic rings. The van der Waals surface area contributed by atoms with Gasteiger partial charge in [-0.2, -0.15) is 0 Å². The molecule has 2 aromatic heterocycles. The smallest absolute Gasteiger partial charge is 0.165 e. The van der Waals surface area contributed by atoms with Gasteiger partial charge < -0.3 is 0 Å². The van der Waals surface area contributed by atoms with Gasteiger partial charge in [-0.3, -0.25) is 0 Å². The molecule has 1 aliphatic carbocycles. The lowest BCUT2D eigenvalue weighted by Gasteiger charge is -2.10. The first-order valence-electron chi connectivity index (χ1n) is 16.5. The molecule has 1 aliphatic rings. The Balaban J connectivity index is 1.17. The largest absolute Gasteiger partial charge is 0.208 e. The van der Waals surface area contributed by atoms with Crippen LogP contribution in [0, 0.1) is 0 Å². The van der Waals surface area contributed by atoms with Crippen molar-refractivity contribution < 1.29 is 0 Å². The second-order valence-electron chi connectivity index (χ2n) is 12.8. The van der Waals surface area contributed by atoms with Crippen LogP contribution in [0.1, 0.15) is 0 Å². The van der Waals surface area contributed by atoms with E-state index in [9.17, 15) is 0 Å². The summed E-state index contributed by atoms with van der Waals surface area (Å²) in [5.41, 5.74) is 8.22. The lowest BCUT2D eigenvalue weighted by Crippen LogP contribution is -2.00. The van der Waals surface area contributed by atoms with Crippen molar-refractivity contribution in [1.29, 1.82) is 0 Å². The third-order valence-corrected chi connectivity index (χ3v) is 11.3. The standard InChI is InChI=1S/C45H25N3S/c1-3-11-28-23-30(21-19-26(28)9-1)43-46-44(31-22-20-27-10-2-4-12-29(27)24-31)48-45(47-43)37-18-8-16-35-39-25-38-33-14-6-5-13-32(33)34-15-7-17-36(40(34)38)42(39)49-41(35)37/h1-25H. The number of aromatic nitrogens is 3. The molecular weight excluding hydrogens is 615 g/mol. The summed E-state index contributed by atoms with van der Waals surface area (Å²) in [5.74, 6) is 2.02. The Hall–Kier alpha value is -6.23. The first-order chi connectivity index (χ1) is 24.3. The van der Waals surface area contributed by atoms with Crippen molar-refractivity contribution in [3.05, 3.63) is 152 Å². The van der Waals surface area contributed by atoms with Gasteiger partial charge in [0.05, 0.1) is 0 Å². The van der Waals surface area contributed by atoms with Crippen molar-refractivity contribution in [1.82, 2.24) is 15.0 Å². The topological polar surface area (TPSA) is 38.7 Å². The predicted molar refractivity (Wildman–Crippen MR) is 206 cm³/mol. The summed E-state index contributed by atoms with van der Waals surface area (Å²) in [6.07, 6.45) is 0. The van der Waals surface area contributed by atoms with Gasteiger partial charge >= 0.3 is 0 Å². The molecule has 0 aliphatic heterocycles. The minimum absolute atomic E-state index is 0.667. The molecule has 0 unspecified atom stereocenters. The first-order valence-corrected chi connectivity index (χ1v) is 17.3. The zero-order valence-corrected chi connectivity index (χ0v) is 27.0. The SMILES string of the molecule is c1ccc2c(c1)-c1cccc3c1c-2cc1c2cccc(-c4nc(-c5ccc6ccccc6c5)nc(-c5ccc6ccccc6c5)n4)c2sc31. The third-order valence-electron chi connectivity index (χ3n) is 10.0. The maximum absolute atomic E-state index is 5.21. The monoisotopic (exact) mass is 639 g/mol. The van der Waals surface area contributed by atoms with Gasteiger partial charge in [-0.25, -0.2) is 15.0 Å². The van der Waals surface area contributed by atoms with Crippen molar-refractivity contribution in [3.8, 4) is 56.4 Å². The molecular formula is C45H25N3S. The van der Waals surface area contributed by atoms with E-state index in [0.717, 1.165) is 27.5 Å². The number of hydrogen-bond acceptors (Lipinski definition) is 4. The van der Waals surface area contributed by atoms with Gasteiger partial charge in [-0.05, 0) is 73.5 Å². The van der Waals surface area contributed by atoms with Crippen LogP contribution in [0.3, 0.4) is 0 Å². The Labute approximate surface area is 285 Å². The predicted octanol–water partition coefficient (Wildman–Crippen LogP) is 12.3. The van der Waals surface area contributed by atoms with Crippen molar-refractivity contribution in [2.24, 2.45) is 0 Å². The van der Waals surface area contributed by atoms with Gasteiger partial charge in [-0.1, -0.05) is 127 Å². The van der Waals surface area contributed by atoms with Gasteiger partial charge in [0, 0.05) is 42.2 Å². The van der Waals surface area contributed by atoms with Crippen LogP contribution in [0.25, 0.3) is 109 Å².